The molecule has 0 aliphatic heterocycles. The Kier molecular flexibility index (Phi) is 3.53. The van der Waals surface area contributed by atoms with Crippen molar-refractivity contribution in [3.05, 3.63) is 58.4 Å². The van der Waals surface area contributed by atoms with Gasteiger partial charge in [-0.15, -0.1) is 0 Å². The number of benzene rings is 2. The van der Waals surface area contributed by atoms with Crippen LogP contribution < -0.4 is 10.1 Å². The Hall–Kier alpha value is -1.74. The molecule has 4 heteroatoms. The Bertz CT molecular complexity index is 644. The van der Waals surface area contributed by atoms with E-state index in [1.807, 2.05) is 24.3 Å². The number of hydrogen-bond donors (Lipinski definition) is 1. The van der Waals surface area contributed by atoms with E-state index in [9.17, 15) is 4.39 Å². The second-order valence-electron chi connectivity index (χ2n) is 4.89. The summed E-state index contributed by atoms with van der Waals surface area (Å²) in [5.41, 5.74) is 2.78. The lowest BCUT2D eigenvalue weighted by Gasteiger charge is -2.16. The van der Waals surface area contributed by atoms with Crippen LogP contribution in [0.25, 0.3) is 0 Å². The maximum absolute atomic E-state index is 13.7. The molecule has 0 saturated heterocycles. The fourth-order valence-corrected chi connectivity index (χ4v) is 2.97. The SMILES string of the molecule is COc1ccc(NC2CCc3c(F)cccc32)cc1Cl. The zero-order chi connectivity index (χ0) is 14.1. The molecule has 3 rings (SSSR count). The average molecular weight is 292 g/mol. The molecule has 1 unspecified atom stereocenters. The van der Waals surface area contributed by atoms with E-state index in [0.29, 0.717) is 10.8 Å². The molecule has 0 fully saturated rings. The molecule has 2 aromatic carbocycles. The van der Waals surface area contributed by atoms with Crippen LogP contribution in [0, 0.1) is 5.82 Å². The molecule has 1 N–H and O–H groups in total. The summed E-state index contributed by atoms with van der Waals surface area (Å²) in [6, 6.07) is 11.0. The Morgan fingerprint density at radius 2 is 2.15 bits per heavy atom. The van der Waals surface area contributed by atoms with Gasteiger partial charge in [-0.1, -0.05) is 23.7 Å². The second kappa shape index (κ2) is 5.33. The highest BCUT2D eigenvalue weighted by Crippen LogP contribution is 2.36. The van der Waals surface area contributed by atoms with Crippen LogP contribution in [0.5, 0.6) is 5.75 Å². The van der Waals surface area contributed by atoms with Crippen LogP contribution in [0.1, 0.15) is 23.6 Å². The molecule has 0 amide bonds. The van der Waals surface area contributed by atoms with Crippen molar-refractivity contribution in [3.8, 4) is 5.75 Å². The van der Waals surface area contributed by atoms with E-state index in [1.54, 1.807) is 13.2 Å². The number of rotatable bonds is 3. The van der Waals surface area contributed by atoms with Gasteiger partial charge in [0.15, 0.2) is 0 Å². The number of methoxy groups -OCH3 is 1. The number of anilines is 1. The third-order valence-electron chi connectivity index (χ3n) is 3.71. The minimum Gasteiger partial charge on any atom is -0.495 e. The van der Waals surface area contributed by atoms with Crippen LogP contribution in [0.2, 0.25) is 5.02 Å². The molecule has 2 aromatic rings. The van der Waals surface area contributed by atoms with Gasteiger partial charge in [-0.3, -0.25) is 0 Å². The first-order chi connectivity index (χ1) is 9.69. The van der Waals surface area contributed by atoms with Crippen molar-refractivity contribution < 1.29 is 9.13 Å². The summed E-state index contributed by atoms with van der Waals surface area (Å²) in [6.07, 6.45) is 1.66. The minimum absolute atomic E-state index is 0.112. The standard InChI is InChI=1S/C16H15ClFNO/c1-20-16-8-5-10(9-13(16)17)19-15-7-6-11-12(15)3-2-4-14(11)18/h2-5,8-9,15,19H,6-7H2,1H3. The molecular weight excluding hydrogens is 277 g/mol. The monoisotopic (exact) mass is 291 g/mol. The lowest BCUT2D eigenvalue weighted by molar-refractivity contribution is 0.415. The number of ether oxygens (including phenoxy) is 1. The predicted octanol–water partition coefficient (Wildman–Crippen LogP) is 4.59. The van der Waals surface area contributed by atoms with Gasteiger partial charge in [-0.25, -0.2) is 4.39 Å². The first-order valence-electron chi connectivity index (χ1n) is 6.56. The number of nitrogens with one attached hydrogen (secondary N) is 1. The van der Waals surface area contributed by atoms with Gasteiger partial charge in [-0.05, 0) is 48.2 Å². The molecule has 0 spiro atoms. The van der Waals surface area contributed by atoms with Gasteiger partial charge in [0.2, 0.25) is 0 Å². The molecule has 1 aliphatic carbocycles. The van der Waals surface area contributed by atoms with Crippen molar-refractivity contribution in [3.63, 3.8) is 0 Å². The van der Waals surface area contributed by atoms with Gasteiger partial charge in [0.25, 0.3) is 0 Å². The molecule has 1 aliphatic rings. The maximum Gasteiger partial charge on any atom is 0.137 e. The van der Waals surface area contributed by atoms with Crippen molar-refractivity contribution in [2.24, 2.45) is 0 Å². The van der Waals surface area contributed by atoms with E-state index in [2.05, 4.69) is 5.32 Å². The summed E-state index contributed by atoms with van der Waals surface area (Å²) in [6.45, 7) is 0. The predicted molar refractivity (Wildman–Crippen MR) is 79.1 cm³/mol. The van der Waals surface area contributed by atoms with Gasteiger partial charge >= 0.3 is 0 Å². The zero-order valence-corrected chi connectivity index (χ0v) is 11.9. The van der Waals surface area contributed by atoms with Gasteiger partial charge in [0, 0.05) is 5.69 Å². The van der Waals surface area contributed by atoms with E-state index in [0.717, 1.165) is 29.7 Å². The average Bonchev–Trinajstić information content (AvgIpc) is 2.84. The fraction of sp³-hybridized carbons (Fsp3) is 0.250. The summed E-state index contributed by atoms with van der Waals surface area (Å²) in [5.74, 6) is 0.537. The molecule has 20 heavy (non-hydrogen) atoms. The Labute approximate surface area is 122 Å². The highest BCUT2D eigenvalue weighted by atomic mass is 35.5. The molecule has 0 radical (unpaired) electrons. The largest absolute Gasteiger partial charge is 0.495 e. The van der Waals surface area contributed by atoms with Gasteiger partial charge in [-0.2, -0.15) is 0 Å². The smallest absolute Gasteiger partial charge is 0.137 e. The van der Waals surface area contributed by atoms with Crippen molar-refractivity contribution in [1.29, 1.82) is 0 Å². The molecule has 0 aromatic heterocycles. The lowest BCUT2D eigenvalue weighted by Crippen LogP contribution is -2.07. The summed E-state index contributed by atoms with van der Waals surface area (Å²) in [4.78, 5) is 0. The molecule has 1 atom stereocenters. The fourth-order valence-electron chi connectivity index (χ4n) is 2.72. The van der Waals surface area contributed by atoms with Crippen molar-refractivity contribution >= 4 is 17.3 Å². The number of hydrogen-bond acceptors (Lipinski definition) is 2. The summed E-state index contributed by atoms with van der Waals surface area (Å²) >= 11 is 6.12. The highest BCUT2D eigenvalue weighted by Gasteiger charge is 2.24. The van der Waals surface area contributed by atoms with E-state index in [1.165, 1.54) is 6.07 Å². The number of halogens is 2. The number of fused-ring (bicyclic) bond motifs is 1. The zero-order valence-electron chi connectivity index (χ0n) is 11.1. The van der Waals surface area contributed by atoms with Gasteiger partial charge in [0.05, 0.1) is 18.2 Å². The minimum atomic E-state index is -0.112. The van der Waals surface area contributed by atoms with Crippen molar-refractivity contribution in [2.45, 2.75) is 18.9 Å². The Morgan fingerprint density at radius 3 is 2.90 bits per heavy atom. The van der Waals surface area contributed by atoms with E-state index < -0.39 is 0 Å². The van der Waals surface area contributed by atoms with E-state index in [4.69, 9.17) is 16.3 Å². The molecule has 104 valence electrons. The third kappa shape index (κ3) is 2.34. The Morgan fingerprint density at radius 1 is 1.30 bits per heavy atom. The van der Waals surface area contributed by atoms with Crippen LogP contribution in [-0.2, 0) is 6.42 Å². The molecule has 0 bridgehead atoms. The quantitative estimate of drug-likeness (QED) is 0.893. The van der Waals surface area contributed by atoms with E-state index >= 15 is 0 Å². The van der Waals surface area contributed by atoms with Crippen LogP contribution >= 0.6 is 11.6 Å². The maximum atomic E-state index is 13.7. The summed E-state index contributed by atoms with van der Waals surface area (Å²) in [7, 11) is 1.59. The van der Waals surface area contributed by atoms with Gasteiger partial charge < -0.3 is 10.1 Å². The molecule has 0 saturated carbocycles. The van der Waals surface area contributed by atoms with Crippen LogP contribution in [0.4, 0.5) is 10.1 Å². The summed E-state index contributed by atoms with van der Waals surface area (Å²) in [5, 5.41) is 3.97. The van der Waals surface area contributed by atoms with Gasteiger partial charge in [0.1, 0.15) is 11.6 Å². The van der Waals surface area contributed by atoms with Crippen molar-refractivity contribution in [1.82, 2.24) is 0 Å². The van der Waals surface area contributed by atoms with Crippen LogP contribution in [-0.4, -0.2) is 7.11 Å². The van der Waals surface area contributed by atoms with Crippen LogP contribution in [0.15, 0.2) is 36.4 Å². The highest BCUT2D eigenvalue weighted by molar-refractivity contribution is 6.32. The molecule has 2 nitrogen and oxygen atoms in total. The molecule has 0 heterocycles. The third-order valence-corrected chi connectivity index (χ3v) is 4.00. The van der Waals surface area contributed by atoms with Crippen molar-refractivity contribution in [2.75, 3.05) is 12.4 Å². The summed E-state index contributed by atoms with van der Waals surface area (Å²) < 4.78 is 18.8. The molecular formula is C16H15ClFNO. The van der Waals surface area contributed by atoms with E-state index in [-0.39, 0.29) is 11.9 Å². The first-order valence-corrected chi connectivity index (χ1v) is 6.94. The topological polar surface area (TPSA) is 21.3 Å². The van der Waals surface area contributed by atoms with Crippen LogP contribution in [0.3, 0.4) is 0 Å². The Balaban J connectivity index is 1.84. The normalized spacial score (nSPS) is 16.9. The lowest BCUT2D eigenvalue weighted by atomic mass is 10.1. The second-order valence-corrected chi connectivity index (χ2v) is 5.30. The first kappa shape index (κ1) is 13.3.